The fourth-order valence-electron chi connectivity index (χ4n) is 2.78. The Morgan fingerprint density at radius 3 is 1.29 bits per heavy atom. The highest BCUT2D eigenvalue weighted by atomic mass is 16.3. The van der Waals surface area contributed by atoms with E-state index in [2.05, 4.69) is 31.9 Å². The van der Waals surface area contributed by atoms with Crippen molar-refractivity contribution >= 4 is 39.2 Å². The summed E-state index contributed by atoms with van der Waals surface area (Å²) in [4.78, 5) is 0. The summed E-state index contributed by atoms with van der Waals surface area (Å²) in [6.45, 7) is 12.0. The van der Waals surface area contributed by atoms with E-state index < -0.39 is 0 Å². The van der Waals surface area contributed by atoms with E-state index in [-0.39, 0.29) is 5.75 Å². The average Bonchev–Trinajstić information content (AvgIpc) is 3.02. The zero-order chi connectivity index (χ0) is 29.3. The second-order valence-corrected chi connectivity index (χ2v) is 6.10. The number of azo groups is 2. The number of rotatable bonds is 4. The molecule has 0 atom stereocenters. The molecule has 0 aliphatic rings. The van der Waals surface area contributed by atoms with Crippen LogP contribution in [0.2, 0.25) is 0 Å². The highest BCUT2D eigenvalue weighted by molar-refractivity contribution is 6.04. The predicted molar refractivity (Wildman–Crippen MR) is 166 cm³/mol. The van der Waals surface area contributed by atoms with Crippen LogP contribution in [0.25, 0.3) is 10.8 Å². The number of anilines is 1. The van der Waals surface area contributed by atoms with Crippen LogP contribution in [0.15, 0.2) is 105 Å². The van der Waals surface area contributed by atoms with Gasteiger partial charge in [0.25, 0.3) is 0 Å². The smallest absolute Gasteiger partial charge is 0.153 e. The molecule has 8 heteroatoms. The average molecular weight is 520 g/mol. The van der Waals surface area contributed by atoms with E-state index in [1.54, 1.807) is 12.1 Å². The Labute approximate surface area is 228 Å². The Morgan fingerprint density at radius 2 is 0.868 bits per heavy atom. The quantitative estimate of drug-likeness (QED) is 0.157. The predicted octanol–water partition coefficient (Wildman–Crippen LogP) is 9.19. The number of nitrogen functional groups attached to an aromatic ring is 1. The third-order valence-electron chi connectivity index (χ3n) is 4.21. The molecule has 0 aromatic heterocycles. The lowest BCUT2D eigenvalue weighted by Gasteiger charge is -2.08. The summed E-state index contributed by atoms with van der Waals surface area (Å²) >= 11 is 0. The summed E-state index contributed by atoms with van der Waals surface area (Å²) in [6, 6.07) is 25.8. The standard InChI is InChI=1S/C22H17N5O.3C2H6.2CH5N/c23-21-18(26-24-16-7-3-1-4-8-16)13-11-15-12-14-19(22(28)20(15)21)27-25-17-9-5-2-6-10-17;5*1-2/h1-14,28H,23H2;3*1-2H3;2*2H2,1H3. The molecule has 206 valence electrons. The second kappa shape index (κ2) is 23.3. The molecule has 0 saturated heterocycles. The zero-order valence-electron chi connectivity index (χ0n) is 24.1. The first-order valence-corrected chi connectivity index (χ1v) is 12.9. The molecular formula is C30H45N7O. The van der Waals surface area contributed by atoms with Gasteiger partial charge in [-0.05, 0) is 55.9 Å². The van der Waals surface area contributed by atoms with Gasteiger partial charge in [-0.2, -0.15) is 10.2 Å². The Balaban J connectivity index is 0. The Morgan fingerprint density at radius 1 is 0.500 bits per heavy atom. The van der Waals surface area contributed by atoms with Crippen LogP contribution >= 0.6 is 0 Å². The van der Waals surface area contributed by atoms with Crippen LogP contribution in [-0.2, 0) is 0 Å². The largest absolute Gasteiger partial charge is 0.505 e. The number of nitrogens with two attached hydrogens (primary N) is 3. The lowest BCUT2D eigenvalue weighted by molar-refractivity contribution is 0.483. The maximum atomic E-state index is 10.7. The summed E-state index contributed by atoms with van der Waals surface area (Å²) in [6.07, 6.45) is 0. The van der Waals surface area contributed by atoms with Gasteiger partial charge < -0.3 is 22.3 Å². The van der Waals surface area contributed by atoms with Gasteiger partial charge in [-0.25, -0.2) is 0 Å². The van der Waals surface area contributed by atoms with Crippen molar-refractivity contribution in [2.45, 2.75) is 41.5 Å². The van der Waals surface area contributed by atoms with Crippen LogP contribution in [0.1, 0.15) is 41.5 Å². The van der Waals surface area contributed by atoms with E-state index in [4.69, 9.17) is 5.73 Å². The van der Waals surface area contributed by atoms with Crippen LogP contribution in [0.3, 0.4) is 0 Å². The number of phenols is 1. The van der Waals surface area contributed by atoms with E-state index >= 15 is 0 Å². The maximum absolute atomic E-state index is 10.7. The van der Waals surface area contributed by atoms with E-state index in [0.717, 1.165) is 11.1 Å². The van der Waals surface area contributed by atoms with Crippen molar-refractivity contribution < 1.29 is 5.11 Å². The van der Waals surface area contributed by atoms with Crippen LogP contribution in [0, 0.1) is 0 Å². The molecule has 7 N–H and O–H groups in total. The van der Waals surface area contributed by atoms with Crippen molar-refractivity contribution in [2.75, 3.05) is 19.8 Å². The highest BCUT2D eigenvalue weighted by Crippen LogP contribution is 2.42. The van der Waals surface area contributed by atoms with Crippen LogP contribution < -0.4 is 17.2 Å². The van der Waals surface area contributed by atoms with Gasteiger partial charge in [-0.3, -0.25) is 0 Å². The lowest BCUT2D eigenvalue weighted by atomic mass is 10.1. The highest BCUT2D eigenvalue weighted by Gasteiger charge is 2.12. The Kier molecular flexibility index (Phi) is 22.1. The first kappa shape index (κ1) is 36.0. The minimum absolute atomic E-state index is 0.0357. The fraction of sp³-hybridized carbons (Fsp3) is 0.267. The summed E-state index contributed by atoms with van der Waals surface area (Å²) in [5.74, 6) is -0.0357. The fourth-order valence-corrected chi connectivity index (χ4v) is 2.78. The molecule has 38 heavy (non-hydrogen) atoms. The first-order chi connectivity index (χ1) is 18.7. The third kappa shape index (κ3) is 11.3. The summed E-state index contributed by atoms with van der Waals surface area (Å²) in [5.41, 5.74) is 17.8. The van der Waals surface area contributed by atoms with Gasteiger partial charge in [0.2, 0.25) is 0 Å². The topological polar surface area (TPSA) is 148 Å². The zero-order valence-corrected chi connectivity index (χ0v) is 24.1. The normalized spacial score (nSPS) is 9.32. The molecule has 0 heterocycles. The summed E-state index contributed by atoms with van der Waals surface area (Å²) in [5, 5.41) is 28.7. The summed E-state index contributed by atoms with van der Waals surface area (Å²) < 4.78 is 0. The van der Waals surface area contributed by atoms with Crippen molar-refractivity contribution in [3.63, 3.8) is 0 Å². The molecule has 0 radical (unpaired) electrons. The van der Waals surface area contributed by atoms with Crippen molar-refractivity contribution in [2.24, 2.45) is 31.9 Å². The van der Waals surface area contributed by atoms with Crippen LogP contribution in [0.4, 0.5) is 28.4 Å². The minimum atomic E-state index is -0.0357. The molecule has 0 fully saturated rings. The van der Waals surface area contributed by atoms with E-state index in [1.165, 1.54) is 14.1 Å². The number of aromatic hydroxyl groups is 1. The minimum Gasteiger partial charge on any atom is -0.505 e. The van der Waals surface area contributed by atoms with Crippen molar-refractivity contribution in [1.29, 1.82) is 0 Å². The molecular weight excluding hydrogens is 474 g/mol. The molecule has 4 aromatic rings. The van der Waals surface area contributed by atoms with Gasteiger partial charge in [-0.15, -0.1) is 10.2 Å². The Bertz CT molecular complexity index is 1090. The monoisotopic (exact) mass is 519 g/mol. The maximum Gasteiger partial charge on any atom is 0.153 e. The van der Waals surface area contributed by atoms with Gasteiger partial charge in [0.15, 0.2) is 5.75 Å². The van der Waals surface area contributed by atoms with E-state index in [1.807, 2.05) is 114 Å². The molecule has 0 aliphatic heterocycles. The number of fused-ring (bicyclic) bond motifs is 1. The van der Waals surface area contributed by atoms with Gasteiger partial charge in [-0.1, -0.05) is 90.1 Å². The second-order valence-electron chi connectivity index (χ2n) is 6.10. The van der Waals surface area contributed by atoms with Crippen molar-refractivity contribution in [1.82, 2.24) is 0 Å². The van der Waals surface area contributed by atoms with Gasteiger partial charge in [0.1, 0.15) is 11.4 Å². The van der Waals surface area contributed by atoms with Gasteiger partial charge in [0.05, 0.1) is 22.4 Å². The molecule has 4 rings (SSSR count). The first-order valence-electron chi connectivity index (χ1n) is 12.9. The van der Waals surface area contributed by atoms with Crippen molar-refractivity contribution in [3.05, 3.63) is 84.9 Å². The van der Waals surface area contributed by atoms with Gasteiger partial charge >= 0.3 is 0 Å². The number of benzene rings is 4. The molecule has 0 saturated carbocycles. The molecule has 0 unspecified atom stereocenters. The van der Waals surface area contributed by atoms with Crippen molar-refractivity contribution in [3.8, 4) is 5.75 Å². The Hall–Kier alpha value is -4.14. The van der Waals surface area contributed by atoms with E-state index in [0.29, 0.717) is 28.1 Å². The SMILES string of the molecule is CC.CC.CC.CN.CN.Nc1c(N=Nc2ccccc2)ccc2ccc(N=Nc3ccccc3)c(O)c12. The number of hydrogen-bond acceptors (Lipinski definition) is 8. The lowest BCUT2D eigenvalue weighted by Crippen LogP contribution is -1.88. The van der Waals surface area contributed by atoms with Gasteiger partial charge in [0, 0.05) is 0 Å². The number of hydrogen-bond donors (Lipinski definition) is 4. The molecule has 8 nitrogen and oxygen atoms in total. The molecule has 0 amide bonds. The number of nitrogens with zero attached hydrogens (tertiary/aromatic N) is 4. The molecule has 0 bridgehead atoms. The van der Waals surface area contributed by atoms with E-state index in [9.17, 15) is 5.11 Å². The number of phenolic OH excluding ortho intramolecular Hbond substituents is 1. The van der Waals surface area contributed by atoms with Crippen LogP contribution in [-0.4, -0.2) is 19.2 Å². The molecule has 4 aromatic carbocycles. The summed E-state index contributed by atoms with van der Waals surface area (Å²) in [7, 11) is 3.00. The molecule has 0 aliphatic carbocycles. The third-order valence-corrected chi connectivity index (χ3v) is 4.21. The molecule has 0 spiro atoms. The van der Waals surface area contributed by atoms with Crippen LogP contribution in [0.5, 0.6) is 5.75 Å².